The summed E-state index contributed by atoms with van der Waals surface area (Å²) in [6, 6.07) is 0. The first-order valence-corrected chi connectivity index (χ1v) is 5.34. The summed E-state index contributed by atoms with van der Waals surface area (Å²) < 4.78 is 10.3. The largest absolute Gasteiger partial charge is 0.486 e. The minimum atomic E-state index is -0.246. The summed E-state index contributed by atoms with van der Waals surface area (Å²) in [4.78, 5) is 11.1. The minimum absolute atomic E-state index is 0.151. The van der Waals surface area contributed by atoms with E-state index in [9.17, 15) is 4.79 Å². The Kier molecular flexibility index (Phi) is 3.29. The number of methoxy groups -OCH3 is 1. The normalized spacial score (nSPS) is 22.9. The van der Waals surface area contributed by atoms with Gasteiger partial charge < -0.3 is 14.8 Å². The van der Waals surface area contributed by atoms with Crippen molar-refractivity contribution < 1.29 is 14.3 Å². The lowest BCUT2D eigenvalue weighted by Gasteiger charge is -2.28. The van der Waals surface area contributed by atoms with Gasteiger partial charge in [-0.2, -0.15) is 0 Å². The van der Waals surface area contributed by atoms with Gasteiger partial charge in [0.1, 0.15) is 11.9 Å². The minimum Gasteiger partial charge on any atom is -0.486 e. The van der Waals surface area contributed by atoms with Crippen LogP contribution in [0.3, 0.4) is 0 Å². The Bertz CT molecular complexity index is 368. The quantitative estimate of drug-likeness (QED) is 0.713. The van der Waals surface area contributed by atoms with Gasteiger partial charge in [0.05, 0.1) is 25.8 Å². The number of morpholine rings is 1. The highest BCUT2D eigenvalue weighted by Crippen LogP contribution is 2.21. The highest BCUT2D eigenvalue weighted by atomic mass is 16.5. The van der Waals surface area contributed by atoms with E-state index in [-0.39, 0.29) is 18.5 Å². The third-order valence-corrected chi connectivity index (χ3v) is 2.54. The highest BCUT2D eigenvalue weighted by Gasteiger charge is 2.23. The van der Waals surface area contributed by atoms with E-state index in [4.69, 9.17) is 4.74 Å². The molecule has 1 aliphatic carbocycles. The molecule has 16 heavy (non-hydrogen) atoms. The van der Waals surface area contributed by atoms with Crippen LogP contribution in [0, 0.1) is 0 Å². The smallest absolute Gasteiger partial charge is 0.309 e. The van der Waals surface area contributed by atoms with E-state index in [2.05, 4.69) is 22.2 Å². The maximum atomic E-state index is 11.1. The van der Waals surface area contributed by atoms with Gasteiger partial charge in [0.15, 0.2) is 0 Å². The SMILES string of the molecule is COC(=O)CC1CNC2=CCC=CC=C2O1. The van der Waals surface area contributed by atoms with E-state index < -0.39 is 0 Å². The van der Waals surface area contributed by atoms with Gasteiger partial charge in [0.2, 0.25) is 0 Å². The maximum absolute atomic E-state index is 11.1. The third-order valence-electron chi connectivity index (χ3n) is 2.54. The van der Waals surface area contributed by atoms with Crippen LogP contribution in [0.4, 0.5) is 0 Å². The number of fused-ring (bicyclic) bond motifs is 1. The zero-order valence-corrected chi connectivity index (χ0v) is 9.23. The number of carbonyl (C=O) groups excluding carboxylic acids is 1. The van der Waals surface area contributed by atoms with E-state index in [1.54, 1.807) is 0 Å². The molecule has 86 valence electrons. The average molecular weight is 221 g/mol. The van der Waals surface area contributed by atoms with Gasteiger partial charge in [0.25, 0.3) is 0 Å². The zero-order chi connectivity index (χ0) is 11.4. The van der Waals surface area contributed by atoms with Gasteiger partial charge in [0, 0.05) is 0 Å². The molecule has 1 aliphatic heterocycles. The summed E-state index contributed by atoms with van der Waals surface area (Å²) >= 11 is 0. The first-order valence-electron chi connectivity index (χ1n) is 5.34. The fourth-order valence-corrected chi connectivity index (χ4v) is 1.70. The Labute approximate surface area is 94.6 Å². The topological polar surface area (TPSA) is 47.6 Å². The van der Waals surface area contributed by atoms with Gasteiger partial charge in [-0.15, -0.1) is 0 Å². The van der Waals surface area contributed by atoms with Crippen LogP contribution in [0.5, 0.6) is 0 Å². The standard InChI is InChI=1S/C12H15NO3/c1-15-12(14)7-9-8-13-10-5-3-2-4-6-11(10)16-9/h2,4-6,9,13H,3,7-8H2,1H3. The van der Waals surface area contributed by atoms with Gasteiger partial charge >= 0.3 is 5.97 Å². The molecule has 0 aromatic heterocycles. The molecule has 0 bridgehead atoms. The zero-order valence-electron chi connectivity index (χ0n) is 9.23. The van der Waals surface area contributed by atoms with Crippen molar-refractivity contribution in [2.45, 2.75) is 18.9 Å². The number of rotatable bonds is 2. The molecular weight excluding hydrogens is 206 g/mol. The Morgan fingerprint density at radius 1 is 1.69 bits per heavy atom. The van der Waals surface area contributed by atoms with Gasteiger partial charge in [-0.3, -0.25) is 4.79 Å². The molecule has 4 nitrogen and oxygen atoms in total. The van der Waals surface area contributed by atoms with E-state index in [0.29, 0.717) is 6.54 Å². The van der Waals surface area contributed by atoms with Crippen molar-refractivity contribution in [2.75, 3.05) is 13.7 Å². The first-order chi connectivity index (χ1) is 7.79. The molecule has 2 aliphatic rings. The number of hydrogen-bond acceptors (Lipinski definition) is 4. The van der Waals surface area contributed by atoms with Crippen LogP contribution in [0.25, 0.3) is 0 Å². The predicted molar refractivity (Wildman–Crippen MR) is 59.4 cm³/mol. The lowest BCUT2D eigenvalue weighted by atomic mass is 10.2. The number of hydrogen-bond donors (Lipinski definition) is 1. The van der Waals surface area contributed by atoms with Crippen LogP contribution in [-0.2, 0) is 14.3 Å². The summed E-state index contributed by atoms with van der Waals surface area (Å²) in [7, 11) is 1.39. The Morgan fingerprint density at radius 2 is 2.56 bits per heavy atom. The molecule has 0 aromatic carbocycles. The van der Waals surface area contributed by atoms with Crippen molar-refractivity contribution in [3.8, 4) is 0 Å². The molecule has 1 saturated heterocycles. The number of nitrogens with one attached hydrogen (secondary N) is 1. The highest BCUT2D eigenvalue weighted by molar-refractivity contribution is 5.69. The second-order valence-corrected chi connectivity index (χ2v) is 3.71. The molecule has 0 aromatic rings. The molecule has 1 unspecified atom stereocenters. The Balaban J connectivity index is 2.01. The second kappa shape index (κ2) is 4.88. The number of esters is 1. The van der Waals surface area contributed by atoms with E-state index in [0.717, 1.165) is 17.9 Å². The fourth-order valence-electron chi connectivity index (χ4n) is 1.70. The summed E-state index contributed by atoms with van der Waals surface area (Å²) in [5.74, 6) is 0.554. The van der Waals surface area contributed by atoms with E-state index in [1.807, 2.05) is 12.2 Å². The second-order valence-electron chi connectivity index (χ2n) is 3.71. The predicted octanol–water partition coefficient (Wildman–Crippen LogP) is 1.27. The number of carbonyl (C=O) groups is 1. The lowest BCUT2D eigenvalue weighted by Crippen LogP contribution is -2.37. The molecule has 2 rings (SSSR count). The van der Waals surface area contributed by atoms with Crippen molar-refractivity contribution in [1.82, 2.24) is 5.32 Å². The maximum Gasteiger partial charge on any atom is 0.309 e. The molecule has 1 heterocycles. The molecule has 0 amide bonds. The van der Waals surface area contributed by atoms with Crippen molar-refractivity contribution in [1.29, 1.82) is 0 Å². The van der Waals surface area contributed by atoms with Crippen LogP contribution < -0.4 is 5.32 Å². The van der Waals surface area contributed by atoms with Gasteiger partial charge in [-0.1, -0.05) is 18.2 Å². The first kappa shape index (κ1) is 10.8. The monoisotopic (exact) mass is 221 g/mol. The van der Waals surface area contributed by atoms with Crippen LogP contribution >= 0.6 is 0 Å². The van der Waals surface area contributed by atoms with Gasteiger partial charge in [-0.05, 0) is 12.5 Å². The molecule has 1 N–H and O–H groups in total. The lowest BCUT2D eigenvalue weighted by molar-refractivity contribution is -0.143. The Morgan fingerprint density at radius 3 is 3.38 bits per heavy atom. The Hall–Kier alpha value is -1.71. The molecule has 1 atom stereocenters. The summed E-state index contributed by atoms with van der Waals surface area (Å²) in [6.07, 6.45) is 9.02. The van der Waals surface area contributed by atoms with Crippen LogP contribution in [0.2, 0.25) is 0 Å². The summed E-state index contributed by atoms with van der Waals surface area (Å²) in [6.45, 7) is 0.637. The molecule has 0 saturated carbocycles. The van der Waals surface area contributed by atoms with Crippen molar-refractivity contribution >= 4 is 5.97 Å². The molecule has 0 radical (unpaired) electrons. The molecule has 4 heteroatoms. The van der Waals surface area contributed by atoms with Crippen LogP contribution in [-0.4, -0.2) is 25.7 Å². The average Bonchev–Trinajstić information content (AvgIpc) is 2.53. The number of allylic oxidation sites excluding steroid dienone is 4. The van der Waals surface area contributed by atoms with Crippen molar-refractivity contribution in [2.24, 2.45) is 0 Å². The van der Waals surface area contributed by atoms with Crippen molar-refractivity contribution in [3.05, 3.63) is 35.8 Å². The van der Waals surface area contributed by atoms with E-state index >= 15 is 0 Å². The van der Waals surface area contributed by atoms with Gasteiger partial charge in [-0.25, -0.2) is 0 Å². The third kappa shape index (κ3) is 2.45. The fraction of sp³-hybridized carbons (Fsp3) is 0.417. The molecule has 0 spiro atoms. The summed E-state index contributed by atoms with van der Waals surface area (Å²) in [5.41, 5.74) is 1.01. The van der Waals surface area contributed by atoms with Crippen LogP contribution in [0.1, 0.15) is 12.8 Å². The molecular formula is C12H15NO3. The molecule has 1 fully saturated rings. The van der Waals surface area contributed by atoms with Crippen molar-refractivity contribution in [3.63, 3.8) is 0 Å². The van der Waals surface area contributed by atoms with E-state index in [1.165, 1.54) is 7.11 Å². The van der Waals surface area contributed by atoms with Crippen LogP contribution in [0.15, 0.2) is 35.8 Å². The number of ether oxygens (including phenoxy) is 2. The summed E-state index contributed by atoms with van der Waals surface area (Å²) in [5, 5.41) is 3.26.